The summed E-state index contributed by atoms with van der Waals surface area (Å²) < 4.78 is 8.17. The number of hydrogen-bond acceptors (Lipinski definition) is 3. The van der Waals surface area contributed by atoms with Gasteiger partial charge in [0.2, 0.25) is 0 Å². The van der Waals surface area contributed by atoms with E-state index in [0.29, 0.717) is 5.49 Å². The molecule has 4 heteroatoms. The molecule has 0 radical (unpaired) electrons. The van der Waals surface area contributed by atoms with Crippen LogP contribution in [0.5, 0.6) is 5.75 Å². The normalized spacial score (nSPS) is 17.0. The van der Waals surface area contributed by atoms with Gasteiger partial charge in [0.1, 0.15) is 17.3 Å². The Bertz CT molecular complexity index is 864. The lowest BCUT2D eigenvalue weighted by Gasteiger charge is -2.35. The van der Waals surface area contributed by atoms with Crippen LogP contribution in [-0.2, 0) is 6.42 Å². The van der Waals surface area contributed by atoms with Gasteiger partial charge in [-0.1, -0.05) is 30.8 Å². The Morgan fingerprint density at radius 2 is 1.96 bits per heavy atom. The van der Waals surface area contributed by atoms with Gasteiger partial charge in [0, 0.05) is 5.70 Å². The number of nitrogens with one attached hydrogen (secondary N) is 1. The maximum atomic E-state index is 8.28. The molecule has 26 heavy (non-hydrogen) atoms. The number of nitrogens with zero attached hydrogens (tertiary/aromatic N) is 2. The Balaban J connectivity index is 1.90. The number of benzene rings is 1. The van der Waals surface area contributed by atoms with Crippen molar-refractivity contribution in [3.8, 4) is 5.75 Å². The zero-order chi connectivity index (χ0) is 18.9. The monoisotopic (exact) mass is 351 g/mol. The van der Waals surface area contributed by atoms with E-state index >= 15 is 0 Å². The van der Waals surface area contributed by atoms with Crippen molar-refractivity contribution in [2.75, 3.05) is 14.1 Å². The van der Waals surface area contributed by atoms with Crippen molar-refractivity contribution < 1.29 is 4.74 Å². The molecule has 3 rings (SSSR count). The lowest BCUT2D eigenvalue weighted by atomic mass is 9.89. The molecule has 1 heterocycles. The number of pyridine rings is 1. The van der Waals surface area contributed by atoms with Crippen LogP contribution in [0.1, 0.15) is 43.9 Å². The maximum Gasteiger partial charge on any atom is 0.136 e. The molecule has 1 aromatic carbocycles. The third kappa shape index (κ3) is 3.47. The van der Waals surface area contributed by atoms with Crippen LogP contribution in [0.2, 0.25) is 0 Å². The largest absolute Gasteiger partial charge is 0.484 e. The zero-order valence-corrected chi connectivity index (χ0v) is 16.2. The minimum atomic E-state index is -0.267. The van der Waals surface area contributed by atoms with Crippen LogP contribution in [0.25, 0.3) is 5.70 Å². The molecule has 1 N–H and O–H groups in total. The lowest BCUT2D eigenvalue weighted by molar-refractivity contribution is 0.182. The van der Waals surface area contributed by atoms with Gasteiger partial charge in [-0.3, -0.25) is 10.3 Å². The average Bonchev–Trinajstić information content (AvgIpc) is 2.63. The fraction of sp³-hybridized carbons (Fsp3) is 0.409. The molecule has 1 unspecified atom stereocenters. The Labute approximate surface area is 156 Å². The van der Waals surface area contributed by atoms with Gasteiger partial charge in [0.25, 0.3) is 0 Å². The van der Waals surface area contributed by atoms with Gasteiger partial charge in [0.05, 0.1) is 11.7 Å². The van der Waals surface area contributed by atoms with E-state index in [1.807, 2.05) is 30.9 Å². The Kier molecular flexibility index (Phi) is 5.05. The highest BCUT2D eigenvalue weighted by atomic mass is 16.5. The van der Waals surface area contributed by atoms with Crippen molar-refractivity contribution in [1.29, 1.82) is 5.41 Å². The highest BCUT2D eigenvalue weighted by molar-refractivity contribution is 5.53. The number of rotatable bonds is 5. The summed E-state index contributed by atoms with van der Waals surface area (Å²) in [5.74, 6) is 0.776. The quantitative estimate of drug-likeness (QED) is 0.875. The van der Waals surface area contributed by atoms with Crippen molar-refractivity contribution in [2.24, 2.45) is 0 Å². The van der Waals surface area contributed by atoms with Crippen molar-refractivity contribution in [1.82, 2.24) is 9.47 Å². The first kappa shape index (κ1) is 18.5. The molecule has 1 aliphatic rings. The van der Waals surface area contributed by atoms with Gasteiger partial charge in [-0.25, -0.2) is 0 Å². The second-order valence-corrected chi connectivity index (χ2v) is 7.72. The fourth-order valence-corrected chi connectivity index (χ4v) is 3.32. The minimum Gasteiger partial charge on any atom is -0.484 e. The number of aryl methyl sites for hydroxylation is 1. The van der Waals surface area contributed by atoms with E-state index < -0.39 is 0 Å². The molecule has 0 amide bonds. The van der Waals surface area contributed by atoms with Crippen LogP contribution in [0.4, 0.5) is 0 Å². The average molecular weight is 351 g/mol. The Morgan fingerprint density at radius 3 is 2.69 bits per heavy atom. The first-order chi connectivity index (χ1) is 12.3. The molecule has 0 spiro atoms. The molecule has 2 aromatic rings. The highest BCUT2D eigenvalue weighted by Gasteiger charge is 2.26. The maximum absolute atomic E-state index is 8.28. The predicted molar refractivity (Wildman–Crippen MR) is 106 cm³/mol. The van der Waals surface area contributed by atoms with Gasteiger partial charge < -0.3 is 9.30 Å². The fourth-order valence-electron chi connectivity index (χ4n) is 3.32. The van der Waals surface area contributed by atoms with Crippen LogP contribution < -0.4 is 10.2 Å². The Hall–Kier alpha value is -2.33. The van der Waals surface area contributed by atoms with Gasteiger partial charge in [-0.15, -0.1) is 0 Å². The molecule has 0 fully saturated rings. The van der Waals surface area contributed by atoms with Crippen molar-refractivity contribution in [3.05, 3.63) is 65.8 Å². The number of aromatic nitrogens is 1. The summed E-state index contributed by atoms with van der Waals surface area (Å²) in [5.41, 5.74) is 3.65. The van der Waals surface area contributed by atoms with Crippen molar-refractivity contribution in [2.45, 2.75) is 44.8 Å². The third-order valence-corrected chi connectivity index (χ3v) is 5.63. The highest BCUT2D eigenvalue weighted by Crippen LogP contribution is 2.33. The number of fused-ring (bicyclic) bond motifs is 1. The number of ether oxygens (including phenoxy) is 1. The van der Waals surface area contributed by atoms with E-state index in [9.17, 15) is 0 Å². The summed E-state index contributed by atoms with van der Waals surface area (Å²) in [4.78, 5) is 2.10. The van der Waals surface area contributed by atoms with Gasteiger partial charge >= 0.3 is 0 Å². The SMILES string of the molecule is C=C(n1cc(OC2CCCc3ccccc32)ccc1=N)C(C)(C)N(C)C. The van der Waals surface area contributed by atoms with Gasteiger partial charge in [-0.2, -0.15) is 0 Å². The molecule has 0 saturated heterocycles. The molecule has 0 aliphatic heterocycles. The van der Waals surface area contributed by atoms with Crippen LogP contribution in [-0.4, -0.2) is 29.1 Å². The van der Waals surface area contributed by atoms with E-state index in [-0.39, 0.29) is 11.6 Å². The molecule has 0 bridgehead atoms. The molecule has 138 valence electrons. The van der Waals surface area contributed by atoms with Crippen LogP contribution >= 0.6 is 0 Å². The summed E-state index contributed by atoms with van der Waals surface area (Å²) in [6, 6.07) is 12.2. The van der Waals surface area contributed by atoms with Crippen LogP contribution in [0.15, 0.2) is 49.2 Å². The van der Waals surface area contributed by atoms with E-state index in [2.05, 4.69) is 49.6 Å². The van der Waals surface area contributed by atoms with Crippen LogP contribution in [0, 0.1) is 5.41 Å². The molecule has 4 nitrogen and oxygen atoms in total. The van der Waals surface area contributed by atoms with Gasteiger partial charge in [0.15, 0.2) is 0 Å². The van der Waals surface area contributed by atoms with E-state index in [1.165, 1.54) is 11.1 Å². The second kappa shape index (κ2) is 7.12. The first-order valence-electron chi connectivity index (χ1n) is 9.19. The van der Waals surface area contributed by atoms with E-state index in [4.69, 9.17) is 10.1 Å². The zero-order valence-electron chi connectivity index (χ0n) is 16.2. The minimum absolute atomic E-state index is 0.0695. The first-order valence-corrected chi connectivity index (χ1v) is 9.19. The molecule has 1 atom stereocenters. The van der Waals surface area contributed by atoms with Crippen molar-refractivity contribution >= 4 is 5.70 Å². The number of hydrogen-bond donors (Lipinski definition) is 1. The van der Waals surface area contributed by atoms with E-state index in [1.54, 1.807) is 6.07 Å². The smallest absolute Gasteiger partial charge is 0.136 e. The lowest BCUT2D eigenvalue weighted by Crippen LogP contribution is -2.42. The summed E-state index contributed by atoms with van der Waals surface area (Å²) in [7, 11) is 4.04. The molecular formula is C22H29N3O. The topological polar surface area (TPSA) is 41.3 Å². The molecule has 1 aliphatic carbocycles. The van der Waals surface area contributed by atoms with Crippen molar-refractivity contribution in [3.63, 3.8) is 0 Å². The predicted octanol–water partition coefficient (Wildman–Crippen LogP) is 4.23. The second-order valence-electron chi connectivity index (χ2n) is 7.72. The molecular weight excluding hydrogens is 322 g/mol. The molecule has 1 aromatic heterocycles. The summed E-state index contributed by atoms with van der Waals surface area (Å²) in [6.45, 7) is 8.46. The summed E-state index contributed by atoms with van der Waals surface area (Å²) in [5, 5.41) is 8.28. The Morgan fingerprint density at radius 1 is 1.23 bits per heavy atom. The summed E-state index contributed by atoms with van der Waals surface area (Å²) >= 11 is 0. The van der Waals surface area contributed by atoms with E-state index in [0.717, 1.165) is 30.7 Å². The molecule has 0 saturated carbocycles. The summed E-state index contributed by atoms with van der Waals surface area (Å²) in [6.07, 6.45) is 5.24. The third-order valence-electron chi connectivity index (χ3n) is 5.63. The van der Waals surface area contributed by atoms with Gasteiger partial charge in [-0.05, 0) is 70.5 Å². The van der Waals surface area contributed by atoms with Crippen LogP contribution in [0.3, 0.4) is 0 Å². The number of likely N-dealkylation sites (N-methyl/N-ethyl adjacent to an activating group) is 1. The standard InChI is InChI=1S/C22H29N3O/c1-16(22(2,3)24(4)5)25-15-18(13-14-21(25)23)26-20-12-8-10-17-9-6-7-11-19(17)20/h6-7,9,11,13-15,20,23H,1,8,10,12H2,2-5H3.